The SMILES string of the molecule is CC[C@H](C)OC(=O)CN1C(=O)S/C(=C\c2cc([N+](=O)[O-])ccc2Cl)C1=O. The zero-order chi connectivity index (χ0) is 19.4. The Labute approximate surface area is 158 Å². The van der Waals surface area contributed by atoms with Crippen LogP contribution < -0.4 is 0 Å². The zero-order valence-corrected chi connectivity index (χ0v) is 15.5. The van der Waals surface area contributed by atoms with Crippen LogP contribution in [0.4, 0.5) is 10.5 Å². The Kier molecular flexibility index (Phi) is 6.38. The second-order valence-corrected chi connectivity index (χ2v) is 6.84. The van der Waals surface area contributed by atoms with Crippen LogP contribution in [0.25, 0.3) is 6.08 Å². The van der Waals surface area contributed by atoms with Crippen molar-refractivity contribution in [1.82, 2.24) is 4.90 Å². The third kappa shape index (κ3) is 4.61. The van der Waals surface area contributed by atoms with Crippen LogP contribution in [-0.4, -0.2) is 39.6 Å². The molecule has 1 fully saturated rings. The Hall–Kier alpha value is -2.39. The molecular formula is C16H15ClN2O6S. The lowest BCUT2D eigenvalue weighted by Gasteiger charge is -2.14. The van der Waals surface area contributed by atoms with Gasteiger partial charge in [-0.3, -0.25) is 29.4 Å². The van der Waals surface area contributed by atoms with Crippen molar-refractivity contribution in [2.24, 2.45) is 0 Å². The summed E-state index contributed by atoms with van der Waals surface area (Å²) in [6.45, 7) is 3.05. The molecular weight excluding hydrogens is 384 g/mol. The molecule has 1 aliphatic rings. The van der Waals surface area contributed by atoms with E-state index in [0.29, 0.717) is 18.2 Å². The van der Waals surface area contributed by atoms with E-state index < -0.39 is 28.6 Å². The minimum atomic E-state index is -0.684. The fourth-order valence-electron chi connectivity index (χ4n) is 2.01. The van der Waals surface area contributed by atoms with Gasteiger partial charge in [0.15, 0.2) is 0 Å². The number of imide groups is 1. The smallest absolute Gasteiger partial charge is 0.326 e. The number of nitrogens with zero attached hydrogens (tertiary/aromatic N) is 2. The normalized spacial score (nSPS) is 16.9. The minimum Gasteiger partial charge on any atom is -0.461 e. The fourth-order valence-corrected chi connectivity index (χ4v) is 3.01. The van der Waals surface area contributed by atoms with Gasteiger partial charge in [0.1, 0.15) is 6.54 Å². The van der Waals surface area contributed by atoms with Crippen molar-refractivity contribution < 1.29 is 24.0 Å². The molecule has 0 bridgehead atoms. The largest absolute Gasteiger partial charge is 0.461 e. The average molecular weight is 399 g/mol. The molecule has 2 amide bonds. The molecule has 1 aromatic rings. The Morgan fingerprint density at radius 1 is 1.46 bits per heavy atom. The van der Waals surface area contributed by atoms with Crippen LogP contribution in [0.15, 0.2) is 23.1 Å². The third-order valence-corrected chi connectivity index (χ3v) is 4.80. The van der Waals surface area contributed by atoms with E-state index in [2.05, 4.69) is 0 Å². The van der Waals surface area contributed by atoms with Crippen molar-refractivity contribution in [2.75, 3.05) is 6.54 Å². The molecule has 1 aliphatic heterocycles. The Bertz CT molecular complexity index is 810. The summed E-state index contributed by atoms with van der Waals surface area (Å²) in [6.07, 6.45) is 1.58. The van der Waals surface area contributed by atoms with E-state index in [9.17, 15) is 24.5 Å². The maximum absolute atomic E-state index is 12.4. The summed E-state index contributed by atoms with van der Waals surface area (Å²) in [4.78, 5) is 47.3. The van der Waals surface area contributed by atoms with Crippen molar-refractivity contribution >= 4 is 52.2 Å². The molecule has 0 radical (unpaired) electrons. The molecule has 1 atom stereocenters. The molecule has 0 unspecified atom stereocenters. The number of nitro benzene ring substituents is 1. The first-order valence-corrected chi connectivity index (χ1v) is 8.81. The number of benzene rings is 1. The van der Waals surface area contributed by atoms with Crippen molar-refractivity contribution in [3.8, 4) is 0 Å². The summed E-state index contributed by atoms with van der Waals surface area (Å²) in [5.74, 6) is -1.36. The summed E-state index contributed by atoms with van der Waals surface area (Å²) in [5.41, 5.74) is 0.0329. The van der Waals surface area contributed by atoms with Crippen LogP contribution >= 0.6 is 23.4 Å². The standard InChI is InChI=1S/C16H15ClN2O6S/c1-3-9(2)25-14(20)8-18-15(21)13(26-16(18)22)7-10-6-11(19(23)24)4-5-12(10)17/h4-7,9H,3,8H2,1-2H3/b13-7-/t9-/m0/s1. The molecule has 0 aliphatic carbocycles. The number of thioether (sulfide) groups is 1. The number of carbonyl (C=O) groups is 3. The highest BCUT2D eigenvalue weighted by atomic mass is 35.5. The summed E-state index contributed by atoms with van der Waals surface area (Å²) in [7, 11) is 0. The number of halogens is 1. The highest BCUT2D eigenvalue weighted by Gasteiger charge is 2.37. The third-order valence-electron chi connectivity index (χ3n) is 3.55. The molecule has 10 heteroatoms. The quantitative estimate of drug-likeness (QED) is 0.311. The highest BCUT2D eigenvalue weighted by molar-refractivity contribution is 8.18. The summed E-state index contributed by atoms with van der Waals surface area (Å²) in [5, 5.41) is 10.4. The van der Waals surface area contributed by atoms with Crippen LogP contribution in [0.1, 0.15) is 25.8 Å². The van der Waals surface area contributed by atoms with Crippen LogP contribution in [0.2, 0.25) is 5.02 Å². The number of amides is 2. The predicted octanol–water partition coefficient (Wildman–Crippen LogP) is 3.63. The molecule has 2 rings (SSSR count). The van der Waals surface area contributed by atoms with E-state index in [-0.39, 0.29) is 27.3 Å². The predicted molar refractivity (Wildman–Crippen MR) is 96.6 cm³/mol. The van der Waals surface area contributed by atoms with Crippen molar-refractivity contribution in [3.63, 3.8) is 0 Å². The van der Waals surface area contributed by atoms with Gasteiger partial charge in [0.05, 0.1) is 15.9 Å². The Balaban J connectivity index is 2.20. The number of carbonyl (C=O) groups excluding carboxylic acids is 3. The number of nitro groups is 1. The van der Waals surface area contributed by atoms with E-state index in [4.69, 9.17) is 16.3 Å². The molecule has 8 nitrogen and oxygen atoms in total. The van der Waals surface area contributed by atoms with E-state index in [1.54, 1.807) is 6.92 Å². The van der Waals surface area contributed by atoms with Gasteiger partial charge in [-0.1, -0.05) is 18.5 Å². The second-order valence-electron chi connectivity index (χ2n) is 5.44. The monoisotopic (exact) mass is 398 g/mol. The second kappa shape index (κ2) is 8.33. The molecule has 0 aromatic heterocycles. The maximum Gasteiger partial charge on any atom is 0.326 e. The first kappa shape index (κ1) is 19.9. The lowest BCUT2D eigenvalue weighted by atomic mass is 10.2. The van der Waals surface area contributed by atoms with Gasteiger partial charge in [-0.15, -0.1) is 0 Å². The lowest BCUT2D eigenvalue weighted by Crippen LogP contribution is -2.35. The lowest BCUT2D eigenvalue weighted by molar-refractivity contribution is -0.384. The number of ether oxygens (including phenoxy) is 1. The van der Waals surface area contributed by atoms with Crippen molar-refractivity contribution in [2.45, 2.75) is 26.4 Å². The number of hydrogen-bond donors (Lipinski definition) is 0. The van der Waals surface area contributed by atoms with E-state index in [0.717, 1.165) is 4.90 Å². The minimum absolute atomic E-state index is 0.0220. The van der Waals surface area contributed by atoms with Crippen molar-refractivity contribution in [3.05, 3.63) is 43.8 Å². The molecule has 0 spiro atoms. The zero-order valence-electron chi connectivity index (χ0n) is 13.9. The number of non-ortho nitro benzene ring substituents is 1. The Morgan fingerprint density at radius 3 is 2.77 bits per heavy atom. The van der Waals surface area contributed by atoms with Crippen LogP contribution in [0.3, 0.4) is 0 Å². The Morgan fingerprint density at radius 2 is 2.15 bits per heavy atom. The number of rotatable bonds is 6. The van der Waals surface area contributed by atoms with Gasteiger partial charge in [0, 0.05) is 22.7 Å². The summed E-state index contributed by atoms with van der Waals surface area (Å²) < 4.78 is 5.06. The van der Waals surface area contributed by atoms with Gasteiger partial charge in [0.2, 0.25) is 0 Å². The molecule has 1 saturated heterocycles. The van der Waals surface area contributed by atoms with Crippen LogP contribution in [0.5, 0.6) is 0 Å². The first-order valence-electron chi connectivity index (χ1n) is 7.61. The molecule has 0 N–H and O–H groups in total. The van der Waals surface area contributed by atoms with E-state index in [1.807, 2.05) is 6.92 Å². The molecule has 138 valence electrons. The van der Waals surface area contributed by atoms with Crippen molar-refractivity contribution in [1.29, 1.82) is 0 Å². The average Bonchev–Trinajstić information content (AvgIpc) is 2.83. The van der Waals surface area contributed by atoms with Gasteiger partial charge in [-0.05, 0) is 37.2 Å². The van der Waals surface area contributed by atoms with Gasteiger partial charge in [-0.25, -0.2) is 0 Å². The maximum atomic E-state index is 12.4. The van der Waals surface area contributed by atoms with Crippen LogP contribution in [-0.2, 0) is 14.3 Å². The molecule has 1 aromatic carbocycles. The van der Waals surface area contributed by atoms with Crippen LogP contribution in [0, 0.1) is 10.1 Å². The number of hydrogen-bond acceptors (Lipinski definition) is 7. The highest BCUT2D eigenvalue weighted by Crippen LogP contribution is 2.34. The fraction of sp³-hybridized carbons (Fsp3) is 0.312. The summed E-state index contributed by atoms with van der Waals surface area (Å²) >= 11 is 6.63. The molecule has 1 heterocycles. The number of esters is 1. The first-order chi connectivity index (χ1) is 12.2. The molecule has 0 saturated carbocycles. The van der Waals surface area contributed by atoms with E-state index >= 15 is 0 Å². The topological polar surface area (TPSA) is 107 Å². The van der Waals surface area contributed by atoms with Gasteiger partial charge < -0.3 is 4.74 Å². The summed E-state index contributed by atoms with van der Waals surface area (Å²) in [6, 6.07) is 3.77. The van der Waals surface area contributed by atoms with Gasteiger partial charge in [0.25, 0.3) is 16.8 Å². The molecule has 26 heavy (non-hydrogen) atoms. The van der Waals surface area contributed by atoms with Gasteiger partial charge in [-0.2, -0.15) is 0 Å². The van der Waals surface area contributed by atoms with E-state index in [1.165, 1.54) is 24.3 Å². The van der Waals surface area contributed by atoms with Gasteiger partial charge >= 0.3 is 5.97 Å².